The molecule has 1 aromatic rings. The molecule has 1 aliphatic heterocycles. The molecule has 0 radical (unpaired) electrons. The van der Waals surface area contributed by atoms with Gasteiger partial charge in [0.25, 0.3) is 0 Å². The van der Waals surface area contributed by atoms with Crippen LogP contribution in [0.5, 0.6) is 5.75 Å². The summed E-state index contributed by atoms with van der Waals surface area (Å²) in [7, 11) is 0. The van der Waals surface area contributed by atoms with Crippen LogP contribution in [0.2, 0.25) is 0 Å². The number of rotatable bonds is 6. The highest BCUT2D eigenvalue weighted by molar-refractivity contribution is 5.40. The van der Waals surface area contributed by atoms with Gasteiger partial charge < -0.3 is 10.1 Å². The summed E-state index contributed by atoms with van der Waals surface area (Å²) in [6, 6.07) is 6.68. The van der Waals surface area contributed by atoms with Crippen molar-refractivity contribution in [2.24, 2.45) is 0 Å². The Hall–Kier alpha value is -1.02. The summed E-state index contributed by atoms with van der Waals surface area (Å²) < 4.78 is 5.53. The molecule has 2 rings (SSSR count). The minimum absolute atomic E-state index is 0.630. The molecule has 0 amide bonds. The van der Waals surface area contributed by atoms with Crippen LogP contribution in [-0.4, -0.2) is 19.7 Å². The molecule has 0 fully saturated rings. The number of nitrogens with one attached hydrogen (secondary N) is 1. The molecule has 1 N–H and O–H groups in total. The molecule has 0 aromatic heterocycles. The van der Waals surface area contributed by atoms with Gasteiger partial charge in [0.2, 0.25) is 0 Å². The van der Waals surface area contributed by atoms with E-state index in [2.05, 4.69) is 37.4 Å². The Bertz CT molecular complexity index is 362. The second kappa shape index (κ2) is 6.06. The second-order valence-electron chi connectivity index (χ2n) is 4.91. The number of fused-ring (bicyclic) bond motifs is 1. The minimum Gasteiger partial charge on any atom is -0.493 e. The Balaban J connectivity index is 1.88. The standard InChI is InChI=1S/C15H23NO/c1-3-8-16-9-6-12(2)13-4-5-15-14(11-13)7-10-17-15/h4-5,11-12,16H,3,6-10H2,1-2H3. The van der Waals surface area contributed by atoms with Crippen molar-refractivity contribution in [2.75, 3.05) is 19.7 Å². The normalized spacial score (nSPS) is 15.4. The van der Waals surface area contributed by atoms with Crippen molar-refractivity contribution in [3.63, 3.8) is 0 Å². The number of ether oxygens (including phenoxy) is 1. The van der Waals surface area contributed by atoms with Crippen LogP contribution in [0.3, 0.4) is 0 Å². The Morgan fingerprint density at radius 3 is 3.06 bits per heavy atom. The van der Waals surface area contributed by atoms with Crippen LogP contribution in [0.1, 0.15) is 43.7 Å². The third kappa shape index (κ3) is 3.22. The fraction of sp³-hybridized carbons (Fsp3) is 0.600. The van der Waals surface area contributed by atoms with Gasteiger partial charge in [-0.3, -0.25) is 0 Å². The van der Waals surface area contributed by atoms with Crippen molar-refractivity contribution < 1.29 is 4.74 Å². The van der Waals surface area contributed by atoms with Crippen LogP contribution in [0.15, 0.2) is 18.2 Å². The highest BCUT2D eigenvalue weighted by Crippen LogP contribution is 2.29. The zero-order valence-electron chi connectivity index (χ0n) is 11.0. The van der Waals surface area contributed by atoms with E-state index in [9.17, 15) is 0 Å². The lowest BCUT2D eigenvalue weighted by Gasteiger charge is -2.13. The van der Waals surface area contributed by atoms with Crippen molar-refractivity contribution >= 4 is 0 Å². The molecule has 1 heterocycles. The first kappa shape index (κ1) is 12.4. The van der Waals surface area contributed by atoms with Crippen molar-refractivity contribution in [2.45, 2.75) is 39.0 Å². The Morgan fingerprint density at radius 1 is 1.35 bits per heavy atom. The number of benzene rings is 1. The molecule has 94 valence electrons. The smallest absolute Gasteiger partial charge is 0.122 e. The Labute approximate surface area is 104 Å². The zero-order valence-corrected chi connectivity index (χ0v) is 11.0. The van der Waals surface area contributed by atoms with E-state index in [0.29, 0.717) is 5.92 Å². The van der Waals surface area contributed by atoms with Gasteiger partial charge in [0.05, 0.1) is 6.61 Å². The van der Waals surface area contributed by atoms with Gasteiger partial charge in [0.1, 0.15) is 5.75 Å². The molecule has 0 saturated carbocycles. The molecule has 1 unspecified atom stereocenters. The van der Waals surface area contributed by atoms with E-state index in [1.807, 2.05) is 0 Å². The number of hydrogen-bond donors (Lipinski definition) is 1. The van der Waals surface area contributed by atoms with E-state index < -0.39 is 0 Å². The van der Waals surface area contributed by atoms with Gasteiger partial charge in [-0.2, -0.15) is 0 Å². The third-order valence-electron chi connectivity index (χ3n) is 3.46. The van der Waals surface area contributed by atoms with Crippen LogP contribution in [0.25, 0.3) is 0 Å². The molecule has 0 aliphatic carbocycles. The molecule has 0 bridgehead atoms. The molecule has 1 aromatic carbocycles. The summed E-state index contributed by atoms with van der Waals surface area (Å²) in [5.74, 6) is 1.72. The fourth-order valence-corrected chi connectivity index (χ4v) is 2.30. The van der Waals surface area contributed by atoms with Gasteiger partial charge in [-0.25, -0.2) is 0 Å². The molecule has 17 heavy (non-hydrogen) atoms. The van der Waals surface area contributed by atoms with Crippen LogP contribution in [0.4, 0.5) is 0 Å². The maximum Gasteiger partial charge on any atom is 0.122 e. The predicted octanol–water partition coefficient (Wildman–Crippen LogP) is 3.11. The summed E-state index contributed by atoms with van der Waals surface area (Å²) in [4.78, 5) is 0. The lowest BCUT2D eigenvalue weighted by Crippen LogP contribution is -2.17. The molecule has 1 aliphatic rings. The van der Waals surface area contributed by atoms with E-state index in [0.717, 1.165) is 31.9 Å². The van der Waals surface area contributed by atoms with Crippen molar-refractivity contribution in [3.05, 3.63) is 29.3 Å². The highest BCUT2D eigenvalue weighted by Gasteiger charge is 2.14. The molecule has 1 atom stereocenters. The largest absolute Gasteiger partial charge is 0.493 e. The van der Waals surface area contributed by atoms with E-state index in [-0.39, 0.29) is 0 Å². The first-order valence-electron chi connectivity index (χ1n) is 6.77. The minimum atomic E-state index is 0.630. The molecule has 2 nitrogen and oxygen atoms in total. The fourth-order valence-electron chi connectivity index (χ4n) is 2.30. The average molecular weight is 233 g/mol. The van der Waals surface area contributed by atoms with Gasteiger partial charge in [-0.15, -0.1) is 0 Å². The maximum atomic E-state index is 5.53. The molecule has 0 saturated heterocycles. The maximum absolute atomic E-state index is 5.53. The monoisotopic (exact) mass is 233 g/mol. The zero-order chi connectivity index (χ0) is 12.1. The SMILES string of the molecule is CCCNCCC(C)c1ccc2c(c1)CCO2. The summed E-state index contributed by atoms with van der Waals surface area (Å²) in [5, 5.41) is 3.46. The average Bonchev–Trinajstić information content (AvgIpc) is 2.81. The van der Waals surface area contributed by atoms with Crippen molar-refractivity contribution in [1.29, 1.82) is 0 Å². The first-order valence-corrected chi connectivity index (χ1v) is 6.77. The highest BCUT2D eigenvalue weighted by atomic mass is 16.5. The van der Waals surface area contributed by atoms with E-state index in [1.54, 1.807) is 0 Å². The quantitative estimate of drug-likeness (QED) is 0.762. The Morgan fingerprint density at radius 2 is 2.24 bits per heavy atom. The summed E-state index contributed by atoms with van der Waals surface area (Å²) in [6.45, 7) is 7.61. The topological polar surface area (TPSA) is 21.3 Å². The van der Waals surface area contributed by atoms with Gasteiger partial charge in [-0.05, 0) is 49.0 Å². The van der Waals surface area contributed by atoms with Crippen LogP contribution < -0.4 is 10.1 Å². The molecular formula is C15H23NO. The lowest BCUT2D eigenvalue weighted by atomic mass is 9.95. The van der Waals surface area contributed by atoms with Crippen molar-refractivity contribution in [3.8, 4) is 5.75 Å². The molecular weight excluding hydrogens is 210 g/mol. The summed E-state index contributed by atoms with van der Waals surface area (Å²) in [6.07, 6.45) is 3.49. The van der Waals surface area contributed by atoms with Crippen LogP contribution >= 0.6 is 0 Å². The van der Waals surface area contributed by atoms with E-state index in [4.69, 9.17) is 4.74 Å². The molecule has 2 heteroatoms. The third-order valence-corrected chi connectivity index (χ3v) is 3.46. The first-order chi connectivity index (χ1) is 8.31. The lowest BCUT2D eigenvalue weighted by molar-refractivity contribution is 0.357. The van der Waals surface area contributed by atoms with Gasteiger partial charge in [0.15, 0.2) is 0 Å². The van der Waals surface area contributed by atoms with E-state index in [1.165, 1.54) is 24.0 Å². The van der Waals surface area contributed by atoms with E-state index >= 15 is 0 Å². The second-order valence-corrected chi connectivity index (χ2v) is 4.91. The number of hydrogen-bond acceptors (Lipinski definition) is 2. The van der Waals surface area contributed by atoms with Crippen molar-refractivity contribution in [1.82, 2.24) is 5.32 Å². The van der Waals surface area contributed by atoms with Crippen LogP contribution in [-0.2, 0) is 6.42 Å². The summed E-state index contributed by atoms with van der Waals surface area (Å²) in [5.41, 5.74) is 2.84. The Kier molecular flexibility index (Phi) is 4.43. The van der Waals surface area contributed by atoms with Gasteiger partial charge >= 0.3 is 0 Å². The summed E-state index contributed by atoms with van der Waals surface area (Å²) >= 11 is 0. The van der Waals surface area contributed by atoms with Gasteiger partial charge in [-0.1, -0.05) is 26.0 Å². The van der Waals surface area contributed by atoms with Gasteiger partial charge in [0, 0.05) is 6.42 Å². The molecule has 0 spiro atoms. The predicted molar refractivity (Wildman–Crippen MR) is 71.8 cm³/mol. The van der Waals surface area contributed by atoms with Crippen LogP contribution in [0, 0.1) is 0 Å².